The van der Waals surface area contributed by atoms with Crippen LogP contribution in [0, 0.1) is 5.92 Å². The molecule has 1 fully saturated rings. The second-order valence-electron chi connectivity index (χ2n) is 6.12. The summed E-state index contributed by atoms with van der Waals surface area (Å²) in [4.78, 5) is 17.2. The van der Waals surface area contributed by atoms with Crippen molar-refractivity contribution in [3.63, 3.8) is 0 Å². The van der Waals surface area contributed by atoms with Gasteiger partial charge in [0.25, 0.3) is 0 Å². The molecular weight excluding hydrogens is 452 g/mol. The molecular formula is C15H28F3IN4O2. The number of amides is 1. The molecule has 0 aromatic rings. The summed E-state index contributed by atoms with van der Waals surface area (Å²) in [7, 11) is 4.80. The molecule has 1 aliphatic carbocycles. The lowest BCUT2D eigenvalue weighted by atomic mass is 9.85. The van der Waals surface area contributed by atoms with Crippen LogP contribution in [-0.2, 0) is 9.53 Å². The summed E-state index contributed by atoms with van der Waals surface area (Å²) < 4.78 is 43.6. The van der Waals surface area contributed by atoms with Gasteiger partial charge in [0.2, 0.25) is 5.91 Å². The highest BCUT2D eigenvalue weighted by atomic mass is 127. The van der Waals surface area contributed by atoms with Gasteiger partial charge in [0.1, 0.15) is 6.54 Å². The van der Waals surface area contributed by atoms with Crippen LogP contribution >= 0.6 is 24.0 Å². The maximum atomic E-state index is 12.9. The summed E-state index contributed by atoms with van der Waals surface area (Å²) >= 11 is 0. The molecule has 0 heterocycles. The summed E-state index contributed by atoms with van der Waals surface area (Å²) in [6.07, 6.45) is -2.80. The highest BCUT2D eigenvalue weighted by Gasteiger charge is 2.42. The van der Waals surface area contributed by atoms with Crippen LogP contribution in [0.25, 0.3) is 0 Å². The molecule has 0 radical (unpaired) electrons. The highest BCUT2D eigenvalue weighted by Crippen LogP contribution is 2.37. The number of nitrogens with zero attached hydrogens (tertiary/aromatic N) is 2. The van der Waals surface area contributed by atoms with E-state index in [-0.39, 0.29) is 55.3 Å². The molecule has 10 heteroatoms. The Morgan fingerprint density at radius 3 is 2.56 bits per heavy atom. The molecule has 0 spiro atoms. The molecule has 2 unspecified atom stereocenters. The number of alkyl halides is 3. The number of nitrogens with one attached hydrogen (secondary N) is 2. The van der Waals surface area contributed by atoms with Gasteiger partial charge < -0.3 is 20.3 Å². The van der Waals surface area contributed by atoms with Crippen molar-refractivity contribution in [2.24, 2.45) is 10.9 Å². The number of hydrogen-bond acceptors (Lipinski definition) is 3. The Morgan fingerprint density at radius 2 is 2.00 bits per heavy atom. The van der Waals surface area contributed by atoms with E-state index in [1.165, 1.54) is 4.90 Å². The number of hydrogen-bond donors (Lipinski definition) is 2. The van der Waals surface area contributed by atoms with E-state index in [9.17, 15) is 18.0 Å². The standard InChI is InChI=1S/C15H27F3N4O2.HI/c1-22(2)13(23)10-20-14(19-7-8-24-3)21-12-6-4-5-11(9-12)15(16,17)18;/h11-12H,4-10H2,1-3H3,(H2,19,20,21);1H. The molecule has 0 aliphatic heterocycles. The van der Waals surface area contributed by atoms with Crippen LogP contribution in [0.15, 0.2) is 4.99 Å². The SMILES string of the molecule is COCCNC(=NCC(=O)N(C)C)NC1CCCC(C(F)(F)F)C1.I. The molecule has 1 amide bonds. The van der Waals surface area contributed by atoms with Crippen LogP contribution in [0.2, 0.25) is 0 Å². The van der Waals surface area contributed by atoms with E-state index >= 15 is 0 Å². The second-order valence-corrected chi connectivity index (χ2v) is 6.12. The van der Waals surface area contributed by atoms with E-state index in [4.69, 9.17) is 4.74 Å². The predicted octanol–water partition coefficient (Wildman–Crippen LogP) is 2.00. The van der Waals surface area contributed by atoms with Crippen molar-refractivity contribution in [3.8, 4) is 0 Å². The zero-order chi connectivity index (χ0) is 18.2. The number of ether oxygens (including phenoxy) is 1. The van der Waals surface area contributed by atoms with Crippen molar-refractivity contribution in [2.75, 3.05) is 40.9 Å². The van der Waals surface area contributed by atoms with Gasteiger partial charge in [-0.25, -0.2) is 4.99 Å². The summed E-state index contributed by atoms with van der Waals surface area (Å²) in [6, 6.07) is -0.311. The van der Waals surface area contributed by atoms with E-state index < -0.39 is 12.1 Å². The molecule has 148 valence electrons. The van der Waals surface area contributed by atoms with Gasteiger partial charge in [-0.15, -0.1) is 24.0 Å². The number of carbonyl (C=O) groups excluding carboxylic acids is 1. The fraction of sp³-hybridized carbons (Fsp3) is 0.867. The number of halogens is 4. The highest BCUT2D eigenvalue weighted by molar-refractivity contribution is 14.0. The van der Waals surface area contributed by atoms with Crippen LogP contribution in [0.3, 0.4) is 0 Å². The number of aliphatic imine (C=N–C) groups is 1. The first-order chi connectivity index (χ1) is 11.2. The Hall–Kier alpha value is -0.780. The third-order valence-electron chi connectivity index (χ3n) is 3.95. The van der Waals surface area contributed by atoms with Crippen LogP contribution < -0.4 is 10.6 Å². The first-order valence-electron chi connectivity index (χ1n) is 8.04. The van der Waals surface area contributed by atoms with E-state index in [1.54, 1.807) is 21.2 Å². The molecule has 0 aromatic carbocycles. The summed E-state index contributed by atoms with van der Waals surface area (Å²) in [5.41, 5.74) is 0. The number of rotatable bonds is 6. The molecule has 0 saturated heterocycles. The maximum Gasteiger partial charge on any atom is 0.391 e. The minimum Gasteiger partial charge on any atom is -0.383 e. The molecule has 0 bridgehead atoms. The number of methoxy groups -OCH3 is 1. The van der Waals surface area contributed by atoms with Crippen LogP contribution in [0.5, 0.6) is 0 Å². The number of carbonyl (C=O) groups is 1. The Kier molecular flexibility index (Phi) is 11.4. The number of likely N-dealkylation sites (N-methyl/N-ethyl adjacent to an activating group) is 1. The topological polar surface area (TPSA) is 66.0 Å². The fourth-order valence-corrected chi connectivity index (χ4v) is 2.52. The molecule has 2 atom stereocenters. The van der Waals surface area contributed by atoms with E-state index in [2.05, 4.69) is 15.6 Å². The van der Waals surface area contributed by atoms with Gasteiger partial charge in [-0.05, 0) is 19.3 Å². The monoisotopic (exact) mass is 480 g/mol. The zero-order valence-electron chi connectivity index (χ0n) is 14.9. The predicted molar refractivity (Wildman–Crippen MR) is 101 cm³/mol. The zero-order valence-corrected chi connectivity index (χ0v) is 17.2. The van der Waals surface area contributed by atoms with Crippen molar-refractivity contribution >= 4 is 35.8 Å². The second kappa shape index (κ2) is 11.8. The minimum atomic E-state index is -4.16. The average Bonchev–Trinajstić information content (AvgIpc) is 2.51. The number of guanidine groups is 1. The minimum absolute atomic E-state index is 0. The van der Waals surface area contributed by atoms with Crippen molar-refractivity contribution in [1.29, 1.82) is 0 Å². The molecule has 1 saturated carbocycles. The molecule has 1 aliphatic rings. The van der Waals surface area contributed by atoms with Gasteiger partial charge in [0.05, 0.1) is 12.5 Å². The van der Waals surface area contributed by atoms with Crippen molar-refractivity contribution in [3.05, 3.63) is 0 Å². The third kappa shape index (κ3) is 9.47. The Morgan fingerprint density at radius 1 is 1.32 bits per heavy atom. The van der Waals surface area contributed by atoms with E-state index in [1.807, 2.05) is 0 Å². The molecule has 1 rings (SSSR count). The Bertz CT molecular complexity index is 433. The normalized spacial score (nSPS) is 21.3. The summed E-state index contributed by atoms with van der Waals surface area (Å²) in [5, 5.41) is 6.00. The van der Waals surface area contributed by atoms with Crippen LogP contribution in [0.1, 0.15) is 25.7 Å². The Labute approximate surface area is 164 Å². The van der Waals surface area contributed by atoms with Crippen LogP contribution in [0.4, 0.5) is 13.2 Å². The van der Waals surface area contributed by atoms with Crippen LogP contribution in [-0.4, -0.2) is 69.9 Å². The third-order valence-corrected chi connectivity index (χ3v) is 3.95. The lowest BCUT2D eigenvalue weighted by Gasteiger charge is -2.32. The summed E-state index contributed by atoms with van der Waals surface area (Å²) in [6.45, 7) is 0.816. The van der Waals surface area contributed by atoms with Gasteiger partial charge in [-0.2, -0.15) is 13.2 Å². The largest absolute Gasteiger partial charge is 0.391 e. The van der Waals surface area contributed by atoms with Gasteiger partial charge in [0, 0.05) is 33.8 Å². The lowest BCUT2D eigenvalue weighted by Crippen LogP contribution is -2.47. The fourth-order valence-electron chi connectivity index (χ4n) is 2.52. The smallest absolute Gasteiger partial charge is 0.383 e. The summed E-state index contributed by atoms with van der Waals surface area (Å²) in [5.74, 6) is -1.12. The van der Waals surface area contributed by atoms with Gasteiger partial charge in [-0.1, -0.05) is 6.42 Å². The van der Waals surface area contributed by atoms with E-state index in [0.717, 1.165) is 0 Å². The van der Waals surface area contributed by atoms with E-state index in [0.29, 0.717) is 32.0 Å². The van der Waals surface area contributed by atoms with Gasteiger partial charge in [0.15, 0.2) is 5.96 Å². The van der Waals surface area contributed by atoms with Crippen molar-refractivity contribution in [1.82, 2.24) is 15.5 Å². The van der Waals surface area contributed by atoms with Crippen molar-refractivity contribution < 1.29 is 22.7 Å². The van der Waals surface area contributed by atoms with Gasteiger partial charge in [-0.3, -0.25) is 4.79 Å². The molecule has 25 heavy (non-hydrogen) atoms. The molecule has 2 N–H and O–H groups in total. The maximum absolute atomic E-state index is 12.9. The average molecular weight is 480 g/mol. The quantitative estimate of drug-likeness (QED) is 0.264. The first-order valence-corrected chi connectivity index (χ1v) is 8.04. The first kappa shape index (κ1) is 24.2. The lowest BCUT2D eigenvalue weighted by molar-refractivity contribution is -0.183. The molecule has 6 nitrogen and oxygen atoms in total. The molecule has 0 aromatic heterocycles. The van der Waals surface area contributed by atoms with Gasteiger partial charge >= 0.3 is 6.18 Å². The van der Waals surface area contributed by atoms with Crippen molar-refractivity contribution in [2.45, 2.75) is 37.9 Å². The Balaban J connectivity index is 0.00000576.